The summed E-state index contributed by atoms with van der Waals surface area (Å²) in [6.45, 7) is 1.14. The van der Waals surface area contributed by atoms with E-state index in [0.29, 0.717) is 12.5 Å². The van der Waals surface area contributed by atoms with E-state index in [0.717, 1.165) is 36.1 Å². The van der Waals surface area contributed by atoms with E-state index >= 15 is 0 Å². The summed E-state index contributed by atoms with van der Waals surface area (Å²) in [5.74, 6) is 1.14. The maximum Gasteiger partial charge on any atom is 0.186 e. The van der Waals surface area contributed by atoms with E-state index in [2.05, 4.69) is 4.90 Å². The van der Waals surface area contributed by atoms with Crippen LogP contribution in [0.3, 0.4) is 0 Å². The van der Waals surface area contributed by atoms with Crippen LogP contribution < -0.4 is 4.90 Å². The first-order valence-corrected chi connectivity index (χ1v) is 8.94. The maximum absolute atomic E-state index is 12.0. The van der Waals surface area contributed by atoms with E-state index in [1.165, 1.54) is 43.4 Å². The number of anilines is 1. The molecule has 2 fully saturated rings. The first-order valence-electron chi connectivity index (χ1n) is 8.12. The Morgan fingerprint density at radius 1 is 1.05 bits per heavy atom. The van der Waals surface area contributed by atoms with Gasteiger partial charge in [0.1, 0.15) is 5.69 Å². The molecule has 0 amide bonds. The Kier molecular flexibility index (Phi) is 3.29. The van der Waals surface area contributed by atoms with Crippen LogP contribution in [0, 0.1) is 5.92 Å². The van der Waals surface area contributed by atoms with Crippen LogP contribution >= 0.6 is 11.3 Å². The molecular formula is C16H22N2OS. The van der Waals surface area contributed by atoms with Crippen molar-refractivity contribution in [2.45, 2.75) is 63.8 Å². The molecule has 0 bridgehead atoms. The van der Waals surface area contributed by atoms with Gasteiger partial charge in [-0.1, -0.05) is 12.8 Å². The number of fused-ring (bicyclic) bond motifs is 2. The van der Waals surface area contributed by atoms with E-state index in [1.807, 2.05) is 0 Å². The van der Waals surface area contributed by atoms with Gasteiger partial charge in [-0.05, 0) is 44.4 Å². The van der Waals surface area contributed by atoms with E-state index in [4.69, 9.17) is 4.98 Å². The first-order chi connectivity index (χ1) is 9.83. The van der Waals surface area contributed by atoms with Gasteiger partial charge < -0.3 is 4.90 Å². The predicted molar refractivity (Wildman–Crippen MR) is 81.7 cm³/mol. The summed E-state index contributed by atoms with van der Waals surface area (Å²) >= 11 is 1.80. The SMILES string of the molecule is O=C1CCCc2sc(N3CCC[C@H]4CCCC[C@H]43)nc21. The monoisotopic (exact) mass is 290 g/mol. The molecule has 1 aromatic rings. The van der Waals surface area contributed by atoms with Gasteiger partial charge in [0.15, 0.2) is 10.9 Å². The number of Topliss-reactive ketones (excluding diaryl/α,β-unsaturated/α-hetero) is 1. The van der Waals surface area contributed by atoms with Crippen molar-refractivity contribution in [3.63, 3.8) is 0 Å². The van der Waals surface area contributed by atoms with Crippen LogP contribution in [0.15, 0.2) is 0 Å². The summed E-state index contributed by atoms with van der Waals surface area (Å²) in [4.78, 5) is 20.5. The normalized spacial score (nSPS) is 30.0. The van der Waals surface area contributed by atoms with Gasteiger partial charge in [0, 0.05) is 23.9 Å². The largest absolute Gasteiger partial charge is 0.345 e. The number of aromatic nitrogens is 1. The fourth-order valence-corrected chi connectivity index (χ4v) is 5.44. The topological polar surface area (TPSA) is 33.2 Å². The minimum atomic E-state index is 0.269. The van der Waals surface area contributed by atoms with Crippen LogP contribution in [0.25, 0.3) is 0 Å². The molecular weight excluding hydrogens is 268 g/mol. The molecule has 108 valence electrons. The average molecular weight is 290 g/mol. The Morgan fingerprint density at radius 2 is 1.90 bits per heavy atom. The molecule has 0 aromatic carbocycles. The molecule has 2 atom stereocenters. The van der Waals surface area contributed by atoms with Crippen molar-refractivity contribution in [2.24, 2.45) is 5.92 Å². The van der Waals surface area contributed by atoms with Crippen LogP contribution in [-0.4, -0.2) is 23.4 Å². The van der Waals surface area contributed by atoms with Crippen molar-refractivity contribution in [2.75, 3.05) is 11.4 Å². The molecule has 0 radical (unpaired) electrons. The number of ketones is 1. The van der Waals surface area contributed by atoms with Crippen molar-refractivity contribution < 1.29 is 4.79 Å². The summed E-state index contributed by atoms with van der Waals surface area (Å²) < 4.78 is 0. The third-order valence-corrected chi connectivity index (χ3v) is 6.40. The van der Waals surface area contributed by atoms with Crippen molar-refractivity contribution in [3.8, 4) is 0 Å². The summed E-state index contributed by atoms with van der Waals surface area (Å²) in [6, 6.07) is 0.695. The molecule has 0 N–H and O–H groups in total. The van der Waals surface area contributed by atoms with Gasteiger partial charge in [0.05, 0.1) is 0 Å². The van der Waals surface area contributed by atoms with Crippen molar-refractivity contribution in [1.29, 1.82) is 0 Å². The highest BCUT2D eigenvalue weighted by Crippen LogP contribution is 2.40. The van der Waals surface area contributed by atoms with Crippen molar-refractivity contribution >= 4 is 22.3 Å². The summed E-state index contributed by atoms with van der Waals surface area (Å²) in [6.07, 6.45) is 10.9. The minimum Gasteiger partial charge on any atom is -0.345 e. The number of rotatable bonds is 1. The Bertz CT molecular complexity index is 523. The summed E-state index contributed by atoms with van der Waals surface area (Å²) in [5, 5.41) is 1.14. The number of hydrogen-bond acceptors (Lipinski definition) is 4. The standard InChI is InChI=1S/C16H22N2OS/c19-13-8-3-9-14-15(13)17-16(20-14)18-10-4-6-11-5-1-2-7-12(11)18/h11-12H,1-10H2/t11-,12-/m1/s1. The lowest BCUT2D eigenvalue weighted by Crippen LogP contribution is -2.46. The second-order valence-electron chi connectivity index (χ2n) is 6.49. The first kappa shape index (κ1) is 12.8. The zero-order valence-corrected chi connectivity index (χ0v) is 12.8. The lowest BCUT2D eigenvalue weighted by atomic mass is 9.78. The van der Waals surface area contributed by atoms with Crippen molar-refractivity contribution in [3.05, 3.63) is 10.6 Å². The van der Waals surface area contributed by atoms with E-state index in [9.17, 15) is 4.79 Å². The third-order valence-electron chi connectivity index (χ3n) is 5.25. The zero-order valence-electron chi connectivity index (χ0n) is 11.9. The van der Waals surface area contributed by atoms with Crippen LogP contribution in [0.2, 0.25) is 0 Å². The van der Waals surface area contributed by atoms with Crippen molar-refractivity contribution in [1.82, 2.24) is 4.98 Å². The molecule has 4 heteroatoms. The zero-order chi connectivity index (χ0) is 13.5. The van der Waals surface area contributed by atoms with Gasteiger partial charge in [-0.15, -0.1) is 11.3 Å². The second-order valence-corrected chi connectivity index (χ2v) is 7.55. The van der Waals surface area contributed by atoms with E-state index in [-0.39, 0.29) is 5.78 Å². The molecule has 0 unspecified atom stereocenters. The second kappa shape index (κ2) is 5.14. The van der Waals surface area contributed by atoms with Gasteiger partial charge >= 0.3 is 0 Å². The molecule has 1 aliphatic heterocycles. The van der Waals surface area contributed by atoms with Gasteiger partial charge in [-0.2, -0.15) is 0 Å². The average Bonchev–Trinajstić information content (AvgIpc) is 2.92. The maximum atomic E-state index is 12.0. The van der Waals surface area contributed by atoms with Crippen LogP contribution in [0.1, 0.15) is 66.7 Å². The van der Waals surface area contributed by atoms with Gasteiger partial charge in [0.2, 0.25) is 0 Å². The Hall–Kier alpha value is -0.900. The molecule has 20 heavy (non-hydrogen) atoms. The summed E-state index contributed by atoms with van der Waals surface area (Å²) in [7, 11) is 0. The number of hydrogen-bond donors (Lipinski definition) is 0. The highest BCUT2D eigenvalue weighted by atomic mass is 32.1. The minimum absolute atomic E-state index is 0.269. The highest BCUT2D eigenvalue weighted by Gasteiger charge is 2.35. The van der Waals surface area contributed by atoms with Gasteiger partial charge in [-0.25, -0.2) is 4.98 Å². The Balaban J connectivity index is 1.64. The number of carbonyl (C=O) groups is 1. The third kappa shape index (κ3) is 2.09. The fourth-order valence-electron chi connectivity index (χ4n) is 4.24. The van der Waals surface area contributed by atoms with E-state index < -0.39 is 0 Å². The molecule has 1 aromatic heterocycles. The molecule has 1 saturated carbocycles. The quantitative estimate of drug-likeness (QED) is 0.788. The molecule has 2 heterocycles. The predicted octanol–water partition coefficient (Wildman–Crippen LogP) is 3.82. The molecule has 1 saturated heterocycles. The number of piperidine rings is 1. The van der Waals surface area contributed by atoms with Gasteiger partial charge in [-0.3, -0.25) is 4.79 Å². The number of carbonyl (C=O) groups excluding carboxylic acids is 1. The van der Waals surface area contributed by atoms with Crippen LogP contribution in [-0.2, 0) is 6.42 Å². The Labute approximate surface area is 124 Å². The van der Waals surface area contributed by atoms with E-state index in [1.54, 1.807) is 11.3 Å². The van der Waals surface area contributed by atoms with Crippen LogP contribution in [0.5, 0.6) is 0 Å². The fraction of sp³-hybridized carbons (Fsp3) is 0.750. The molecule has 0 spiro atoms. The number of aryl methyl sites for hydroxylation is 1. The molecule has 4 rings (SSSR count). The summed E-state index contributed by atoms with van der Waals surface area (Å²) in [5.41, 5.74) is 0.800. The Morgan fingerprint density at radius 3 is 2.80 bits per heavy atom. The van der Waals surface area contributed by atoms with Gasteiger partial charge in [0.25, 0.3) is 0 Å². The highest BCUT2D eigenvalue weighted by molar-refractivity contribution is 7.16. The number of nitrogens with zero attached hydrogens (tertiary/aromatic N) is 2. The molecule has 3 aliphatic rings. The van der Waals surface area contributed by atoms with Crippen LogP contribution in [0.4, 0.5) is 5.13 Å². The lowest BCUT2D eigenvalue weighted by molar-refractivity contribution is 0.0968. The molecule has 2 aliphatic carbocycles. The number of thiazole rings is 1. The smallest absolute Gasteiger partial charge is 0.186 e. The lowest BCUT2D eigenvalue weighted by Gasteiger charge is -2.44. The molecule has 3 nitrogen and oxygen atoms in total.